The van der Waals surface area contributed by atoms with Crippen molar-refractivity contribution >= 4 is 45.8 Å². The maximum atomic E-state index is 12.4. The zero-order valence-corrected chi connectivity index (χ0v) is 14.6. The number of hydrogen-bond acceptors (Lipinski definition) is 2. The van der Waals surface area contributed by atoms with E-state index in [1.165, 1.54) is 4.90 Å². The first kappa shape index (κ1) is 16.5. The van der Waals surface area contributed by atoms with E-state index in [-0.39, 0.29) is 0 Å². The van der Waals surface area contributed by atoms with Crippen LogP contribution in [0.3, 0.4) is 0 Å². The second-order valence-electron chi connectivity index (χ2n) is 4.85. The summed E-state index contributed by atoms with van der Waals surface area (Å²) in [6, 6.07) is 14.8. The van der Waals surface area contributed by atoms with Crippen LogP contribution in [0.1, 0.15) is 12.5 Å². The van der Waals surface area contributed by atoms with Crippen molar-refractivity contribution in [3.8, 4) is 0 Å². The Hall–Kier alpha value is -1.89. The number of benzene rings is 2. The van der Waals surface area contributed by atoms with E-state index in [1.54, 1.807) is 12.1 Å². The molecule has 0 saturated carbocycles. The van der Waals surface area contributed by atoms with Crippen molar-refractivity contribution in [3.05, 3.63) is 57.7 Å². The third kappa shape index (κ3) is 4.07. The molecule has 0 aliphatic heterocycles. The van der Waals surface area contributed by atoms with Crippen molar-refractivity contribution in [1.82, 2.24) is 0 Å². The van der Waals surface area contributed by atoms with Crippen molar-refractivity contribution in [2.45, 2.75) is 13.8 Å². The molecule has 2 aromatic rings. The number of aryl methyl sites for hydroxylation is 1. The van der Waals surface area contributed by atoms with Crippen molar-refractivity contribution in [2.24, 2.45) is 0 Å². The van der Waals surface area contributed by atoms with E-state index in [4.69, 9.17) is 0 Å². The molecule has 1 N–H and O–H groups in total. The van der Waals surface area contributed by atoms with Crippen LogP contribution in [-0.2, 0) is 9.59 Å². The van der Waals surface area contributed by atoms with Gasteiger partial charge in [-0.15, -0.1) is 0 Å². The molecule has 5 heteroatoms. The molecule has 114 valence electrons. The van der Waals surface area contributed by atoms with Gasteiger partial charge >= 0.3 is 11.8 Å². The highest BCUT2D eigenvalue weighted by atomic mass is 127. The molecule has 4 nitrogen and oxygen atoms in total. The summed E-state index contributed by atoms with van der Waals surface area (Å²) < 4.78 is 1.07. The maximum Gasteiger partial charge on any atom is 0.316 e. The fourth-order valence-corrected chi connectivity index (χ4v) is 2.44. The van der Waals surface area contributed by atoms with Gasteiger partial charge in [-0.05, 0) is 78.4 Å². The van der Waals surface area contributed by atoms with Gasteiger partial charge in [0.05, 0.1) is 0 Å². The van der Waals surface area contributed by atoms with Gasteiger partial charge in [-0.3, -0.25) is 9.59 Å². The first-order valence-corrected chi connectivity index (χ1v) is 8.04. The second kappa shape index (κ2) is 7.40. The number of nitrogens with zero attached hydrogens (tertiary/aromatic N) is 1. The Morgan fingerprint density at radius 2 is 1.82 bits per heavy atom. The van der Waals surface area contributed by atoms with Crippen LogP contribution in [0.2, 0.25) is 0 Å². The summed E-state index contributed by atoms with van der Waals surface area (Å²) >= 11 is 2.18. The van der Waals surface area contributed by atoms with Gasteiger partial charge in [0.1, 0.15) is 0 Å². The van der Waals surface area contributed by atoms with E-state index < -0.39 is 11.8 Å². The molecular weight excluding hydrogens is 391 g/mol. The van der Waals surface area contributed by atoms with Crippen LogP contribution in [0.25, 0.3) is 0 Å². The van der Waals surface area contributed by atoms with E-state index in [9.17, 15) is 9.59 Å². The molecule has 0 unspecified atom stereocenters. The molecular formula is C17H17IN2O2. The average Bonchev–Trinajstić information content (AvgIpc) is 2.50. The number of hydrogen-bond donors (Lipinski definition) is 1. The molecule has 0 aromatic heterocycles. The molecule has 22 heavy (non-hydrogen) atoms. The van der Waals surface area contributed by atoms with Gasteiger partial charge in [0.2, 0.25) is 0 Å². The van der Waals surface area contributed by atoms with Crippen LogP contribution in [0.4, 0.5) is 11.4 Å². The van der Waals surface area contributed by atoms with Gasteiger partial charge in [-0.25, -0.2) is 0 Å². The molecule has 0 saturated heterocycles. The number of amides is 2. The fourth-order valence-electron chi connectivity index (χ4n) is 2.08. The van der Waals surface area contributed by atoms with Gasteiger partial charge in [0, 0.05) is 21.5 Å². The molecule has 0 aliphatic rings. The summed E-state index contributed by atoms with van der Waals surface area (Å²) in [5.41, 5.74) is 2.38. The summed E-state index contributed by atoms with van der Waals surface area (Å²) in [4.78, 5) is 26.0. The van der Waals surface area contributed by atoms with E-state index in [1.807, 2.05) is 50.2 Å². The smallest absolute Gasteiger partial charge is 0.316 e. The molecule has 0 spiro atoms. The van der Waals surface area contributed by atoms with Crippen molar-refractivity contribution in [3.63, 3.8) is 0 Å². The van der Waals surface area contributed by atoms with Crippen LogP contribution >= 0.6 is 22.6 Å². The molecule has 0 heterocycles. The summed E-state index contributed by atoms with van der Waals surface area (Å²) in [7, 11) is 0. The predicted molar refractivity (Wildman–Crippen MR) is 97.0 cm³/mol. The third-order valence-corrected chi connectivity index (χ3v) is 3.89. The van der Waals surface area contributed by atoms with Gasteiger partial charge in [-0.2, -0.15) is 0 Å². The molecule has 0 atom stereocenters. The van der Waals surface area contributed by atoms with Crippen LogP contribution < -0.4 is 10.2 Å². The van der Waals surface area contributed by atoms with E-state index in [2.05, 4.69) is 27.9 Å². The number of nitrogens with one attached hydrogen (secondary N) is 1. The minimum Gasteiger partial charge on any atom is -0.318 e. The SMILES string of the molecule is CCN(C(=O)C(=O)Nc1ccc(I)cc1)c1cccc(C)c1. The summed E-state index contributed by atoms with van der Waals surface area (Å²) in [5, 5.41) is 2.63. The Labute approximate surface area is 143 Å². The lowest BCUT2D eigenvalue weighted by molar-refractivity contribution is -0.134. The van der Waals surface area contributed by atoms with Gasteiger partial charge in [0.15, 0.2) is 0 Å². The number of likely N-dealkylation sites (N-methyl/N-ethyl adjacent to an activating group) is 1. The highest BCUT2D eigenvalue weighted by Gasteiger charge is 2.22. The first-order chi connectivity index (χ1) is 10.5. The predicted octanol–water partition coefficient (Wildman–Crippen LogP) is 3.59. The zero-order valence-electron chi connectivity index (χ0n) is 12.5. The van der Waals surface area contributed by atoms with Crippen molar-refractivity contribution in [1.29, 1.82) is 0 Å². The molecule has 0 bridgehead atoms. The molecule has 0 aliphatic carbocycles. The molecule has 0 fully saturated rings. The largest absolute Gasteiger partial charge is 0.318 e. The monoisotopic (exact) mass is 408 g/mol. The fraction of sp³-hybridized carbons (Fsp3) is 0.176. The van der Waals surface area contributed by atoms with Crippen LogP contribution in [0.5, 0.6) is 0 Å². The topological polar surface area (TPSA) is 49.4 Å². The average molecular weight is 408 g/mol. The van der Waals surface area contributed by atoms with Crippen molar-refractivity contribution < 1.29 is 9.59 Å². The van der Waals surface area contributed by atoms with Crippen LogP contribution in [-0.4, -0.2) is 18.4 Å². The number of anilines is 2. The normalized spacial score (nSPS) is 10.1. The second-order valence-corrected chi connectivity index (χ2v) is 6.10. The molecule has 0 radical (unpaired) electrons. The minimum atomic E-state index is -0.635. The Morgan fingerprint density at radius 1 is 1.14 bits per heavy atom. The standard InChI is InChI=1S/C17H17IN2O2/c1-3-20(15-6-4-5-12(2)11-15)17(22)16(21)19-14-9-7-13(18)8-10-14/h4-11H,3H2,1-2H3,(H,19,21). The lowest BCUT2D eigenvalue weighted by Crippen LogP contribution is -2.39. The minimum absolute atomic E-state index is 0.433. The number of carbonyl (C=O) groups is 2. The third-order valence-electron chi connectivity index (χ3n) is 3.17. The van der Waals surface area contributed by atoms with Crippen LogP contribution in [0, 0.1) is 10.5 Å². The lowest BCUT2D eigenvalue weighted by Gasteiger charge is -2.20. The van der Waals surface area contributed by atoms with Gasteiger partial charge in [-0.1, -0.05) is 12.1 Å². The highest BCUT2D eigenvalue weighted by Crippen LogP contribution is 2.17. The Kier molecular flexibility index (Phi) is 5.54. The zero-order chi connectivity index (χ0) is 16.1. The summed E-state index contributed by atoms with van der Waals surface area (Å²) in [6.07, 6.45) is 0. The quantitative estimate of drug-likeness (QED) is 0.624. The molecule has 2 amide bonds. The number of carbonyl (C=O) groups excluding carboxylic acids is 2. The van der Waals surface area contributed by atoms with Crippen LogP contribution in [0.15, 0.2) is 48.5 Å². The molecule has 2 rings (SSSR count). The van der Waals surface area contributed by atoms with Gasteiger partial charge in [0.25, 0.3) is 0 Å². The van der Waals surface area contributed by atoms with E-state index in [0.717, 1.165) is 14.8 Å². The Balaban J connectivity index is 2.14. The number of rotatable bonds is 3. The van der Waals surface area contributed by atoms with Crippen molar-refractivity contribution in [2.75, 3.05) is 16.8 Å². The van der Waals surface area contributed by atoms with E-state index >= 15 is 0 Å². The summed E-state index contributed by atoms with van der Waals surface area (Å²) in [6.45, 7) is 4.23. The maximum absolute atomic E-state index is 12.4. The lowest BCUT2D eigenvalue weighted by atomic mass is 10.2. The highest BCUT2D eigenvalue weighted by molar-refractivity contribution is 14.1. The molecule has 2 aromatic carbocycles. The van der Waals surface area contributed by atoms with Gasteiger partial charge < -0.3 is 10.2 Å². The summed E-state index contributed by atoms with van der Waals surface area (Å²) in [5.74, 6) is -1.20. The Bertz CT molecular complexity index is 683. The van der Waals surface area contributed by atoms with E-state index in [0.29, 0.717) is 12.2 Å². The first-order valence-electron chi connectivity index (χ1n) is 6.96. The number of halogens is 1. The Morgan fingerprint density at radius 3 is 2.41 bits per heavy atom.